The minimum Gasteiger partial charge on any atom is -0.293 e. The van der Waals surface area contributed by atoms with Crippen molar-refractivity contribution in [2.75, 3.05) is 0 Å². The Bertz CT molecular complexity index is 655. The van der Waals surface area contributed by atoms with E-state index in [1.54, 1.807) is 30.3 Å². The maximum atomic E-state index is 13.6. The first-order valence-electron chi connectivity index (χ1n) is 5.95. The number of ketones is 1. The van der Waals surface area contributed by atoms with Crippen LogP contribution >= 0.6 is 11.6 Å². The van der Waals surface area contributed by atoms with Crippen LogP contribution < -0.4 is 0 Å². The van der Waals surface area contributed by atoms with E-state index in [0.717, 1.165) is 0 Å². The number of halogens is 2. The van der Waals surface area contributed by atoms with Crippen LogP contribution in [-0.4, -0.2) is 15.2 Å². The second-order valence-electron chi connectivity index (χ2n) is 4.24. The Labute approximate surface area is 124 Å². The molecule has 0 saturated carbocycles. The van der Waals surface area contributed by atoms with Crippen molar-refractivity contribution in [1.29, 1.82) is 0 Å². The van der Waals surface area contributed by atoms with E-state index in [1.807, 2.05) is 0 Å². The molecule has 0 bridgehead atoms. The summed E-state index contributed by atoms with van der Waals surface area (Å²) in [4.78, 5) is 12.3. The SMILES string of the molecule is CC(C(=O)c1ccc(Cl)cc1)S(=O)c1ccccc1F. The summed E-state index contributed by atoms with van der Waals surface area (Å²) >= 11 is 5.75. The Kier molecular flexibility index (Phi) is 4.68. The molecular formula is C15H12ClFO2S. The van der Waals surface area contributed by atoms with E-state index in [0.29, 0.717) is 10.6 Å². The third-order valence-electron chi connectivity index (χ3n) is 2.87. The number of rotatable bonds is 4. The van der Waals surface area contributed by atoms with Crippen molar-refractivity contribution in [2.24, 2.45) is 0 Å². The van der Waals surface area contributed by atoms with Crippen LogP contribution in [0.5, 0.6) is 0 Å². The number of carbonyl (C=O) groups is 1. The molecule has 0 fully saturated rings. The quantitative estimate of drug-likeness (QED) is 0.804. The van der Waals surface area contributed by atoms with E-state index in [4.69, 9.17) is 11.6 Å². The summed E-state index contributed by atoms with van der Waals surface area (Å²) in [5.41, 5.74) is 0.409. The zero-order valence-corrected chi connectivity index (χ0v) is 12.2. The minimum atomic E-state index is -1.73. The molecule has 2 unspecified atom stereocenters. The predicted molar refractivity (Wildman–Crippen MR) is 78.1 cm³/mol. The van der Waals surface area contributed by atoms with Gasteiger partial charge in [-0.2, -0.15) is 0 Å². The van der Waals surface area contributed by atoms with Crippen LogP contribution in [0.1, 0.15) is 17.3 Å². The van der Waals surface area contributed by atoms with Crippen LogP contribution in [0, 0.1) is 5.82 Å². The highest BCUT2D eigenvalue weighted by atomic mass is 35.5. The van der Waals surface area contributed by atoms with E-state index in [-0.39, 0.29) is 10.7 Å². The number of Topliss-reactive ketones (excluding diaryl/α,β-unsaturated/α-hetero) is 1. The molecule has 2 nitrogen and oxygen atoms in total. The lowest BCUT2D eigenvalue weighted by atomic mass is 10.1. The van der Waals surface area contributed by atoms with Crippen molar-refractivity contribution in [3.05, 3.63) is 64.9 Å². The summed E-state index contributed by atoms with van der Waals surface area (Å²) in [7, 11) is -1.73. The molecule has 0 spiro atoms. The van der Waals surface area contributed by atoms with Crippen LogP contribution in [0.4, 0.5) is 4.39 Å². The normalized spacial score (nSPS) is 13.8. The molecule has 0 amide bonds. The topological polar surface area (TPSA) is 34.1 Å². The molecule has 0 aromatic heterocycles. The van der Waals surface area contributed by atoms with Gasteiger partial charge in [-0.1, -0.05) is 23.7 Å². The first kappa shape index (κ1) is 14.9. The molecule has 20 heavy (non-hydrogen) atoms. The number of carbonyl (C=O) groups excluding carboxylic acids is 1. The Morgan fingerprint density at radius 1 is 1.15 bits per heavy atom. The van der Waals surface area contributed by atoms with Gasteiger partial charge in [0.2, 0.25) is 0 Å². The molecule has 0 radical (unpaired) electrons. The zero-order chi connectivity index (χ0) is 14.7. The lowest BCUT2D eigenvalue weighted by Crippen LogP contribution is -2.23. The summed E-state index contributed by atoms with van der Waals surface area (Å²) in [6, 6.07) is 12.1. The maximum Gasteiger partial charge on any atom is 0.178 e. The number of benzene rings is 2. The van der Waals surface area contributed by atoms with E-state index < -0.39 is 21.9 Å². The van der Waals surface area contributed by atoms with E-state index in [1.165, 1.54) is 25.1 Å². The van der Waals surface area contributed by atoms with Crippen molar-refractivity contribution in [3.63, 3.8) is 0 Å². The predicted octanol–water partition coefficient (Wildman–Crippen LogP) is 3.86. The third-order valence-corrected chi connectivity index (χ3v) is 4.75. The van der Waals surface area contributed by atoms with E-state index in [9.17, 15) is 13.4 Å². The molecule has 2 atom stereocenters. The van der Waals surface area contributed by atoms with Gasteiger partial charge in [0, 0.05) is 10.6 Å². The fourth-order valence-electron chi connectivity index (χ4n) is 1.74. The summed E-state index contributed by atoms with van der Waals surface area (Å²) in [6.45, 7) is 1.53. The first-order chi connectivity index (χ1) is 9.50. The van der Waals surface area contributed by atoms with Gasteiger partial charge in [-0.3, -0.25) is 9.00 Å². The Hall–Kier alpha value is -1.52. The van der Waals surface area contributed by atoms with Crippen LogP contribution in [0.2, 0.25) is 5.02 Å². The fraction of sp³-hybridized carbons (Fsp3) is 0.133. The Morgan fingerprint density at radius 3 is 2.35 bits per heavy atom. The monoisotopic (exact) mass is 310 g/mol. The molecule has 2 rings (SSSR count). The lowest BCUT2D eigenvalue weighted by Gasteiger charge is -2.11. The average Bonchev–Trinajstić information content (AvgIpc) is 2.46. The van der Waals surface area contributed by atoms with Crippen LogP contribution in [0.15, 0.2) is 53.4 Å². The van der Waals surface area contributed by atoms with Gasteiger partial charge in [0.25, 0.3) is 0 Å². The Balaban J connectivity index is 2.25. The smallest absolute Gasteiger partial charge is 0.178 e. The van der Waals surface area contributed by atoms with Gasteiger partial charge in [-0.25, -0.2) is 4.39 Å². The molecule has 0 N–H and O–H groups in total. The summed E-state index contributed by atoms with van der Waals surface area (Å²) < 4.78 is 25.9. The molecule has 0 aliphatic carbocycles. The highest BCUT2D eigenvalue weighted by Crippen LogP contribution is 2.19. The lowest BCUT2D eigenvalue weighted by molar-refractivity contribution is 0.0992. The van der Waals surface area contributed by atoms with Crippen molar-refractivity contribution in [2.45, 2.75) is 17.1 Å². The minimum absolute atomic E-state index is 0.0438. The van der Waals surface area contributed by atoms with Gasteiger partial charge in [-0.05, 0) is 43.3 Å². The highest BCUT2D eigenvalue weighted by Gasteiger charge is 2.24. The largest absolute Gasteiger partial charge is 0.293 e. The number of hydrogen-bond donors (Lipinski definition) is 0. The third kappa shape index (κ3) is 3.14. The van der Waals surface area contributed by atoms with Gasteiger partial charge in [0.1, 0.15) is 5.82 Å². The van der Waals surface area contributed by atoms with Gasteiger partial charge in [0.05, 0.1) is 20.9 Å². The second kappa shape index (κ2) is 6.29. The fourth-order valence-corrected chi connectivity index (χ4v) is 3.05. The molecule has 2 aromatic carbocycles. The molecular weight excluding hydrogens is 299 g/mol. The maximum absolute atomic E-state index is 13.6. The van der Waals surface area contributed by atoms with Crippen LogP contribution in [0.3, 0.4) is 0 Å². The molecule has 0 saturated heterocycles. The molecule has 0 aliphatic rings. The summed E-state index contributed by atoms with van der Waals surface area (Å²) in [5.74, 6) is -0.871. The van der Waals surface area contributed by atoms with Crippen molar-refractivity contribution >= 4 is 28.2 Å². The van der Waals surface area contributed by atoms with Crippen molar-refractivity contribution in [3.8, 4) is 0 Å². The van der Waals surface area contributed by atoms with Gasteiger partial charge < -0.3 is 0 Å². The standard InChI is InChI=1S/C15H12ClFO2S/c1-10(15(18)11-6-8-12(16)9-7-11)20(19)14-5-3-2-4-13(14)17/h2-10H,1H3. The number of hydrogen-bond acceptors (Lipinski definition) is 2. The molecule has 2 aromatic rings. The zero-order valence-electron chi connectivity index (χ0n) is 10.7. The summed E-state index contributed by atoms with van der Waals surface area (Å²) in [6.07, 6.45) is 0. The molecule has 0 heterocycles. The second-order valence-corrected chi connectivity index (χ2v) is 6.42. The van der Waals surface area contributed by atoms with Gasteiger partial charge >= 0.3 is 0 Å². The van der Waals surface area contributed by atoms with Crippen LogP contribution in [-0.2, 0) is 10.8 Å². The summed E-state index contributed by atoms with van der Waals surface area (Å²) in [5, 5.41) is -0.308. The molecule has 104 valence electrons. The molecule has 5 heteroatoms. The highest BCUT2D eigenvalue weighted by molar-refractivity contribution is 7.86. The van der Waals surface area contributed by atoms with Crippen LogP contribution in [0.25, 0.3) is 0 Å². The van der Waals surface area contributed by atoms with E-state index >= 15 is 0 Å². The molecule has 0 aliphatic heterocycles. The first-order valence-corrected chi connectivity index (χ1v) is 7.54. The van der Waals surface area contributed by atoms with Crippen molar-refractivity contribution < 1.29 is 13.4 Å². The Morgan fingerprint density at radius 2 is 1.75 bits per heavy atom. The van der Waals surface area contributed by atoms with E-state index in [2.05, 4.69) is 0 Å². The van der Waals surface area contributed by atoms with Gasteiger partial charge in [0.15, 0.2) is 5.78 Å². The van der Waals surface area contributed by atoms with Gasteiger partial charge in [-0.15, -0.1) is 0 Å². The average molecular weight is 311 g/mol. The van der Waals surface area contributed by atoms with Crippen molar-refractivity contribution in [1.82, 2.24) is 0 Å².